The van der Waals surface area contributed by atoms with E-state index in [-0.39, 0.29) is 18.0 Å². The van der Waals surface area contributed by atoms with E-state index in [1.807, 2.05) is 50.2 Å². The van der Waals surface area contributed by atoms with E-state index in [0.29, 0.717) is 5.39 Å². The van der Waals surface area contributed by atoms with Crippen molar-refractivity contribution in [1.29, 1.82) is 0 Å². The molecule has 3 aromatic rings. The monoisotopic (exact) mass is 316 g/mol. The topological polar surface area (TPSA) is 55.0 Å². The molecule has 3 rings (SSSR count). The molecule has 0 aliphatic heterocycles. The minimum Gasteiger partial charge on any atom is -0.497 e. The molecule has 0 aliphatic carbocycles. The fourth-order valence-corrected chi connectivity index (χ4v) is 2.40. The van der Waals surface area contributed by atoms with Crippen LogP contribution in [-0.2, 0) is 0 Å². The van der Waals surface area contributed by atoms with Crippen LogP contribution in [0.2, 0.25) is 0 Å². The second kappa shape index (κ2) is 6.20. The number of halogens is 1. The number of nitrogens with zero attached hydrogens (tertiary/aromatic N) is 1. The molecule has 1 N–H and O–H groups in total. The Hall–Kier alpha value is -2.33. The van der Waals surface area contributed by atoms with Gasteiger partial charge in [0.05, 0.1) is 18.2 Å². The Morgan fingerprint density at radius 2 is 1.59 bits per heavy atom. The summed E-state index contributed by atoms with van der Waals surface area (Å²) in [6.07, 6.45) is 0. The molecule has 0 fully saturated rings. The summed E-state index contributed by atoms with van der Waals surface area (Å²) in [4.78, 5) is 12.0. The molecule has 0 unspecified atom stereocenters. The Labute approximate surface area is 134 Å². The Kier molecular flexibility index (Phi) is 4.52. The summed E-state index contributed by atoms with van der Waals surface area (Å²) in [7, 11) is 1.63. The lowest BCUT2D eigenvalue weighted by atomic mass is 10.00. The Morgan fingerprint density at radius 3 is 2.18 bits per heavy atom. The summed E-state index contributed by atoms with van der Waals surface area (Å²) < 4.78 is 5.17. The summed E-state index contributed by atoms with van der Waals surface area (Å²) in [6, 6.07) is 11.6. The van der Waals surface area contributed by atoms with Crippen molar-refractivity contribution in [2.75, 3.05) is 7.11 Å². The van der Waals surface area contributed by atoms with Crippen LogP contribution < -0.4 is 10.3 Å². The van der Waals surface area contributed by atoms with Crippen LogP contribution in [-0.4, -0.2) is 17.3 Å². The molecule has 0 spiro atoms. The number of hydrogen-bond donors (Lipinski definition) is 1. The van der Waals surface area contributed by atoms with Crippen molar-refractivity contribution in [3.8, 4) is 17.0 Å². The number of aromatic amines is 1. The molecule has 1 aromatic heterocycles. The zero-order valence-electron chi connectivity index (χ0n) is 12.6. The van der Waals surface area contributed by atoms with Crippen molar-refractivity contribution >= 4 is 23.2 Å². The second-order valence-electron chi connectivity index (χ2n) is 5.11. The number of ether oxygens (including phenoxy) is 1. The third kappa shape index (κ3) is 2.70. The van der Waals surface area contributed by atoms with Gasteiger partial charge in [-0.15, -0.1) is 12.4 Å². The van der Waals surface area contributed by atoms with Crippen LogP contribution >= 0.6 is 12.4 Å². The number of hydrogen-bond acceptors (Lipinski definition) is 3. The molecule has 4 nitrogen and oxygen atoms in total. The standard InChI is InChI=1S/C17H16N2O2.ClH/c1-10-8-14-15(9-11(10)2)17(20)19-18-16(14)12-4-6-13(21-3)7-5-12;/h4-9H,1-3H3,(H,19,20);1H. The lowest BCUT2D eigenvalue weighted by Gasteiger charge is -2.08. The van der Waals surface area contributed by atoms with Gasteiger partial charge in [0.1, 0.15) is 5.75 Å². The van der Waals surface area contributed by atoms with Gasteiger partial charge in [-0.3, -0.25) is 4.79 Å². The maximum absolute atomic E-state index is 12.0. The van der Waals surface area contributed by atoms with Crippen molar-refractivity contribution < 1.29 is 4.74 Å². The predicted octanol–water partition coefficient (Wildman–Crippen LogP) is 3.64. The summed E-state index contributed by atoms with van der Waals surface area (Å²) in [5.41, 5.74) is 3.80. The minimum absolute atomic E-state index is 0. The molecule has 0 atom stereocenters. The number of benzene rings is 2. The molecule has 22 heavy (non-hydrogen) atoms. The van der Waals surface area contributed by atoms with Gasteiger partial charge in [0.25, 0.3) is 5.56 Å². The molecule has 114 valence electrons. The van der Waals surface area contributed by atoms with E-state index in [1.165, 1.54) is 0 Å². The van der Waals surface area contributed by atoms with E-state index < -0.39 is 0 Å². The highest BCUT2D eigenvalue weighted by molar-refractivity contribution is 5.94. The van der Waals surface area contributed by atoms with Gasteiger partial charge in [0.2, 0.25) is 0 Å². The largest absolute Gasteiger partial charge is 0.497 e. The zero-order chi connectivity index (χ0) is 15.0. The highest BCUT2D eigenvalue weighted by atomic mass is 35.5. The Balaban J connectivity index is 0.00000176. The van der Waals surface area contributed by atoms with Gasteiger partial charge >= 0.3 is 0 Å². The van der Waals surface area contributed by atoms with Gasteiger partial charge in [-0.1, -0.05) is 0 Å². The number of aromatic nitrogens is 2. The van der Waals surface area contributed by atoms with Gasteiger partial charge in [-0.05, 0) is 61.4 Å². The van der Waals surface area contributed by atoms with E-state index in [4.69, 9.17) is 4.74 Å². The van der Waals surface area contributed by atoms with Crippen molar-refractivity contribution in [3.63, 3.8) is 0 Å². The molecule has 0 amide bonds. The van der Waals surface area contributed by atoms with Gasteiger partial charge in [0, 0.05) is 10.9 Å². The number of aryl methyl sites for hydroxylation is 2. The third-order valence-corrected chi connectivity index (χ3v) is 3.77. The van der Waals surface area contributed by atoms with Gasteiger partial charge in [0.15, 0.2) is 0 Å². The molecule has 0 saturated carbocycles. The van der Waals surface area contributed by atoms with Crippen LogP contribution in [0, 0.1) is 13.8 Å². The number of fused-ring (bicyclic) bond motifs is 1. The smallest absolute Gasteiger partial charge is 0.272 e. The number of H-pyrrole nitrogens is 1. The molecular weight excluding hydrogens is 300 g/mol. The van der Waals surface area contributed by atoms with Crippen molar-refractivity contribution in [2.45, 2.75) is 13.8 Å². The SMILES string of the molecule is COc1ccc(-c2n[nH]c(=O)c3cc(C)c(C)cc23)cc1.Cl. The predicted molar refractivity (Wildman–Crippen MR) is 91.1 cm³/mol. The first-order valence-electron chi connectivity index (χ1n) is 6.74. The third-order valence-electron chi connectivity index (χ3n) is 3.77. The minimum atomic E-state index is -0.162. The fraction of sp³-hybridized carbons (Fsp3) is 0.176. The first-order chi connectivity index (χ1) is 10.1. The molecule has 0 radical (unpaired) electrons. The van der Waals surface area contributed by atoms with Crippen LogP contribution in [0.5, 0.6) is 5.75 Å². The summed E-state index contributed by atoms with van der Waals surface area (Å²) in [5, 5.41) is 8.34. The molecular formula is C17H17ClN2O2. The van der Waals surface area contributed by atoms with Crippen LogP contribution in [0.25, 0.3) is 22.0 Å². The molecule has 0 saturated heterocycles. The summed E-state index contributed by atoms with van der Waals surface area (Å²) >= 11 is 0. The first-order valence-corrected chi connectivity index (χ1v) is 6.74. The van der Waals surface area contributed by atoms with E-state index in [0.717, 1.165) is 33.5 Å². The average molecular weight is 317 g/mol. The molecule has 5 heteroatoms. The molecule has 0 aliphatic rings. The van der Waals surface area contributed by atoms with E-state index in [2.05, 4.69) is 10.2 Å². The van der Waals surface area contributed by atoms with Crippen molar-refractivity contribution in [2.24, 2.45) is 0 Å². The van der Waals surface area contributed by atoms with Crippen LogP contribution in [0.1, 0.15) is 11.1 Å². The van der Waals surface area contributed by atoms with E-state index in [9.17, 15) is 4.79 Å². The highest BCUT2D eigenvalue weighted by Crippen LogP contribution is 2.27. The quantitative estimate of drug-likeness (QED) is 0.785. The van der Waals surface area contributed by atoms with Gasteiger partial charge in [-0.25, -0.2) is 5.10 Å². The van der Waals surface area contributed by atoms with Crippen LogP contribution in [0.4, 0.5) is 0 Å². The molecule has 2 aromatic carbocycles. The van der Waals surface area contributed by atoms with Gasteiger partial charge in [-0.2, -0.15) is 5.10 Å². The van der Waals surface area contributed by atoms with Gasteiger partial charge < -0.3 is 4.74 Å². The number of methoxy groups -OCH3 is 1. The van der Waals surface area contributed by atoms with Crippen LogP contribution in [0.15, 0.2) is 41.2 Å². The summed E-state index contributed by atoms with van der Waals surface area (Å²) in [5.74, 6) is 0.791. The second-order valence-corrected chi connectivity index (χ2v) is 5.11. The van der Waals surface area contributed by atoms with E-state index in [1.54, 1.807) is 7.11 Å². The van der Waals surface area contributed by atoms with E-state index >= 15 is 0 Å². The molecule has 1 heterocycles. The van der Waals surface area contributed by atoms with Crippen molar-refractivity contribution in [1.82, 2.24) is 10.2 Å². The normalized spacial score (nSPS) is 10.3. The van der Waals surface area contributed by atoms with Crippen molar-refractivity contribution in [3.05, 3.63) is 57.9 Å². The lowest BCUT2D eigenvalue weighted by molar-refractivity contribution is 0.415. The molecule has 0 bridgehead atoms. The lowest BCUT2D eigenvalue weighted by Crippen LogP contribution is -2.10. The zero-order valence-corrected chi connectivity index (χ0v) is 13.5. The Bertz CT molecular complexity index is 870. The average Bonchev–Trinajstić information content (AvgIpc) is 2.50. The summed E-state index contributed by atoms with van der Waals surface area (Å²) in [6.45, 7) is 4.04. The number of rotatable bonds is 2. The Morgan fingerprint density at radius 1 is 1.00 bits per heavy atom. The number of nitrogens with one attached hydrogen (secondary N) is 1. The fourth-order valence-electron chi connectivity index (χ4n) is 2.40. The maximum atomic E-state index is 12.0. The first kappa shape index (κ1) is 16.0. The highest BCUT2D eigenvalue weighted by Gasteiger charge is 2.10. The van der Waals surface area contributed by atoms with Crippen LogP contribution in [0.3, 0.4) is 0 Å². The maximum Gasteiger partial charge on any atom is 0.272 e.